The Morgan fingerprint density at radius 2 is 1.73 bits per heavy atom. The van der Waals surface area contributed by atoms with Gasteiger partial charge in [-0.3, -0.25) is 9.59 Å². The quantitative estimate of drug-likeness (QED) is 0.418. The summed E-state index contributed by atoms with van der Waals surface area (Å²) in [5, 5.41) is 13.1. The molecule has 0 saturated carbocycles. The first-order valence-corrected chi connectivity index (χ1v) is 10.1. The van der Waals surface area contributed by atoms with Crippen LogP contribution in [-0.4, -0.2) is 54.7 Å². The number of para-hydroxylation sites is 2. The molecule has 3 aromatic rings. The van der Waals surface area contributed by atoms with Crippen molar-refractivity contribution in [3.05, 3.63) is 53.7 Å². The molecule has 2 amide bonds. The van der Waals surface area contributed by atoms with E-state index in [-0.39, 0.29) is 18.1 Å². The number of hydrogen-bond acceptors (Lipinski definition) is 8. The number of carbonyl (C=O) groups excluding carboxylic acids is 2. The van der Waals surface area contributed by atoms with E-state index < -0.39 is 11.8 Å². The topological polar surface area (TPSA) is 143 Å². The Balaban J connectivity index is 1.56. The minimum absolute atomic E-state index is 0.00575. The SMILES string of the molecule is COc1ccccc1NC(=O)Cn1nnc(C(=O)NCCc2ccc(OC)c(OC)c2)c1N. The van der Waals surface area contributed by atoms with Crippen LogP contribution in [0.5, 0.6) is 17.2 Å². The smallest absolute Gasteiger partial charge is 0.275 e. The fraction of sp³-hybridized carbons (Fsp3) is 0.273. The lowest BCUT2D eigenvalue weighted by molar-refractivity contribution is -0.116. The lowest BCUT2D eigenvalue weighted by Gasteiger charge is -2.10. The van der Waals surface area contributed by atoms with Crippen LogP contribution in [0.2, 0.25) is 0 Å². The van der Waals surface area contributed by atoms with Gasteiger partial charge in [0.2, 0.25) is 5.91 Å². The molecule has 0 aliphatic heterocycles. The summed E-state index contributed by atoms with van der Waals surface area (Å²) in [4.78, 5) is 24.9. The second-order valence-electron chi connectivity index (χ2n) is 6.92. The molecule has 33 heavy (non-hydrogen) atoms. The average molecular weight is 454 g/mol. The molecule has 0 saturated heterocycles. The van der Waals surface area contributed by atoms with Crippen LogP contribution in [0.25, 0.3) is 0 Å². The van der Waals surface area contributed by atoms with Gasteiger partial charge in [-0.05, 0) is 36.2 Å². The predicted molar refractivity (Wildman–Crippen MR) is 122 cm³/mol. The molecule has 11 nitrogen and oxygen atoms in total. The molecule has 0 aliphatic rings. The van der Waals surface area contributed by atoms with Gasteiger partial charge < -0.3 is 30.6 Å². The van der Waals surface area contributed by atoms with E-state index in [0.29, 0.717) is 35.9 Å². The molecular weight excluding hydrogens is 428 g/mol. The van der Waals surface area contributed by atoms with Crippen molar-refractivity contribution in [2.45, 2.75) is 13.0 Å². The Kier molecular flexibility index (Phi) is 7.68. The molecule has 2 aromatic carbocycles. The standard InChI is InChI=1S/C22H26N6O5/c1-31-16-7-5-4-6-15(16)25-19(29)13-28-21(23)20(26-27-28)22(30)24-11-10-14-8-9-17(32-2)18(12-14)33-3/h4-9,12H,10-11,13,23H2,1-3H3,(H,24,30)(H,25,29). The number of amides is 2. The summed E-state index contributed by atoms with van der Waals surface area (Å²) in [6.45, 7) is 0.130. The van der Waals surface area contributed by atoms with Crippen LogP contribution in [0, 0.1) is 0 Å². The fourth-order valence-corrected chi connectivity index (χ4v) is 3.11. The Morgan fingerprint density at radius 3 is 2.45 bits per heavy atom. The number of aromatic nitrogens is 3. The largest absolute Gasteiger partial charge is 0.495 e. The lowest BCUT2D eigenvalue weighted by atomic mass is 10.1. The van der Waals surface area contributed by atoms with Gasteiger partial charge >= 0.3 is 0 Å². The van der Waals surface area contributed by atoms with Gasteiger partial charge in [0, 0.05) is 6.54 Å². The number of rotatable bonds is 10. The Bertz CT molecular complexity index is 1130. The van der Waals surface area contributed by atoms with Crippen LogP contribution in [-0.2, 0) is 17.8 Å². The maximum absolute atomic E-state index is 12.5. The number of methoxy groups -OCH3 is 3. The molecule has 0 bridgehead atoms. The maximum atomic E-state index is 12.5. The Morgan fingerprint density at radius 1 is 1.00 bits per heavy atom. The van der Waals surface area contributed by atoms with Crippen molar-refractivity contribution in [2.75, 3.05) is 38.9 Å². The number of nitrogen functional groups attached to an aromatic ring is 1. The normalized spacial score (nSPS) is 10.4. The van der Waals surface area contributed by atoms with Gasteiger partial charge in [0.25, 0.3) is 5.91 Å². The monoisotopic (exact) mass is 454 g/mol. The van der Waals surface area contributed by atoms with Crippen molar-refractivity contribution in [1.82, 2.24) is 20.3 Å². The van der Waals surface area contributed by atoms with Crippen molar-refractivity contribution < 1.29 is 23.8 Å². The van der Waals surface area contributed by atoms with E-state index >= 15 is 0 Å². The third kappa shape index (κ3) is 5.70. The lowest BCUT2D eigenvalue weighted by Crippen LogP contribution is -2.27. The summed E-state index contributed by atoms with van der Waals surface area (Å²) in [5.41, 5.74) is 7.42. The van der Waals surface area contributed by atoms with Crippen molar-refractivity contribution in [1.29, 1.82) is 0 Å². The summed E-state index contributed by atoms with van der Waals surface area (Å²) in [6, 6.07) is 12.5. The first-order chi connectivity index (χ1) is 16.0. The summed E-state index contributed by atoms with van der Waals surface area (Å²) in [6.07, 6.45) is 0.557. The van der Waals surface area contributed by atoms with Crippen LogP contribution in [0.15, 0.2) is 42.5 Å². The molecule has 174 valence electrons. The third-order valence-electron chi connectivity index (χ3n) is 4.81. The molecule has 4 N–H and O–H groups in total. The van der Waals surface area contributed by atoms with Crippen molar-refractivity contribution in [3.8, 4) is 17.2 Å². The van der Waals surface area contributed by atoms with Gasteiger partial charge in [0.1, 0.15) is 12.3 Å². The minimum atomic E-state index is -0.482. The van der Waals surface area contributed by atoms with Gasteiger partial charge in [-0.2, -0.15) is 0 Å². The number of nitrogens with two attached hydrogens (primary N) is 1. The van der Waals surface area contributed by atoms with Crippen LogP contribution in [0.3, 0.4) is 0 Å². The number of ether oxygens (including phenoxy) is 3. The van der Waals surface area contributed by atoms with Gasteiger partial charge in [0.15, 0.2) is 23.0 Å². The number of carbonyl (C=O) groups is 2. The molecular formula is C22H26N6O5. The molecule has 0 spiro atoms. The molecule has 0 radical (unpaired) electrons. The average Bonchev–Trinajstić information content (AvgIpc) is 3.18. The third-order valence-corrected chi connectivity index (χ3v) is 4.81. The van der Waals surface area contributed by atoms with E-state index in [9.17, 15) is 9.59 Å². The Labute approximate surface area is 190 Å². The summed E-state index contributed by atoms with van der Waals surface area (Å²) < 4.78 is 16.9. The van der Waals surface area contributed by atoms with E-state index in [2.05, 4.69) is 20.9 Å². The number of benzene rings is 2. The first-order valence-electron chi connectivity index (χ1n) is 10.1. The highest BCUT2D eigenvalue weighted by Crippen LogP contribution is 2.27. The second-order valence-corrected chi connectivity index (χ2v) is 6.92. The maximum Gasteiger partial charge on any atom is 0.275 e. The fourth-order valence-electron chi connectivity index (χ4n) is 3.11. The minimum Gasteiger partial charge on any atom is -0.495 e. The molecule has 1 aromatic heterocycles. The van der Waals surface area contributed by atoms with E-state index in [1.54, 1.807) is 44.6 Å². The van der Waals surface area contributed by atoms with Gasteiger partial charge in [-0.15, -0.1) is 5.10 Å². The zero-order valence-electron chi connectivity index (χ0n) is 18.6. The highest BCUT2D eigenvalue weighted by atomic mass is 16.5. The van der Waals surface area contributed by atoms with Gasteiger partial charge in [0.05, 0.1) is 27.0 Å². The van der Waals surface area contributed by atoms with Crippen molar-refractivity contribution >= 4 is 23.3 Å². The molecule has 1 heterocycles. The van der Waals surface area contributed by atoms with Gasteiger partial charge in [-0.1, -0.05) is 23.4 Å². The zero-order valence-corrected chi connectivity index (χ0v) is 18.6. The highest BCUT2D eigenvalue weighted by molar-refractivity contribution is 5.97. The summed E-state index contributed by atoms with van der Waals surface area (Å²) in [7, 11) is 4.64. The summed E-state index contributed by atoms with van der Waals surface area (Å²) in [5.74, 6) is 0.881. The van der Waals surface area contributed by atoms with E-state index in [1.807, 2.05) is 12.1 Å². The molecule has 3 rings (SSSR count). The van der Waals surface area contributed by atoms with Crippen LogP contribution < -0.4 is 30.6 Å². The number of anilines is 2. The van der Waals surface area contributed by atoms with Crippen LogP contribution >= 0.6 is 0 Å². The zero-order chi connectivity index (χ0) is 23.8. The molecule has 11 heteroatoms. The van der Waals surface area contributed by atoms with Crippen molar-refractivity contribution in [3.63, 3.8) is 0 Å². The molecule has 0 atom stereocenters. The van der Waals surface area contributed by atoms with E-state index in [1.165, 1.54) is 7.11 Å². The number of nitrogens with zero attached hydrogens (tertiary/aromatic N) is 3. The highest BCUT2D eigenvalue weighted by Gasteiger charge is 2.19. The van der Waals surface area contributed by atoms with Gasteiger partial charge in [-0.25, -0.2) is 4.68 Å². The molecule has 0 unspecified atom stereocenters. The Hall–Kier alpha value is -4.28. The van der Waals surface area contributed by atoms with Crippen LogP contribution in [0.4, 0.5) is 11.5 Å². The van der Waals surface area contributed by atoms with Crippen molar-refractivity contribution in [2.24, 2.45) is 0 Å². The first kappa shape index (κ1) is 23.4. The van der Waals surface area contributed by atoms with E-state index in [0.717, 1.165) is 10.2 Å². The number of hydrogen-bond donors (Lipinski definition) is 3. The second kappa shape index (κ2) is 10.8. The van der Waals surface area contributed by atoms with Crippen LogP contribution in [0.1, 0.15) is 16.1 Å². The summed E-state index contributed by atoms with van der Waals surface area (Å²) >= 11 is 0. The molecule has 0 fully saturated rings. The number of nitrogens with one attached hydrogen (secondary N) is 2. The van der Waals surface area contributed by atoms with E-state index in [4.69, 9.17) is 19.9 Å². The predicted octanol–water partition coefficient (Wildman–Crippen LogP) is 1.50. The molecule has 0 aliphatic carbocycles.